The van der Waals surface area contributed by atoms with Crippen molar-refractivity contribution in [2.45, 2.75) is 122 Å². The van der Waals surface area contributed by atoms with Gasteiger partial charge in [0.25, 0.3) is 0 Å². The standard InChI is InChI=1S/C39H48N2OS2/c1-36(2,3)43(37(4,5)6)28-19-15-13-17-26(28)40-33-30(43)23-21-25-22-24-31-34(32(25)33)41(35(40)42)27-18-14-16-20-29(27)44(31,38(7,8)9)39(10,11)12/h13-24H,1-12H3. The fraction of sp³-hybridized carbons (Fsp3) is 0.410. The van der Waals surface area contributed by atoms with Crippen LogP contribution in [0.15, 0.2) is 92.4 Å². The summed E-state index contributed by atoms with van der Waals surface area (Å²) >= 11 is 0. The summed E-state index contributed by atoms with van der Waals surface area (Å²) in [5.74, 6) is 0. The van der Waals surface area contributed by atoms with Crippen LogP contribution in [-0.4, -0.2) is 25.0 Å². The lowest BCUT2D eigenvalue weighted by Crippen LogP contribution is -2.50. The lowest BCUT2D eigenvalue weighted by atomic mass is 10.0. The Kier molecular flexibility index (Phi) is 5.87. The number of urea groups is 1. The van der Waals surface area contributed by atoms with Crippen molar-refractivity contribution in [3.05, 3.63) is 72.8 Å². The normalized spacial score (nSPS) is 19.8. The molecule has 0 radical (unpaired) electrons. The Morgan fingerprint density at radius 3 is 1.14 bits per heavy atom. The van der Waals surface area contributed by atoms with Gasteiger partial charge in [0.05, 0.1) is 22.7 Å². The molecule has 0 atom stereocenters. The first-order valence-electron chi connectivity index (χ1n) is 15.9. The predicted octanol–water partition coefficient (Wildman–Crippen LogP) is 12.5. The van der Waals surface area contributed by atoms with Gasteiger partial charge in [0.15, 0.2) is 0 Å². The zero-order valence-electron chi connectivity index (χ0n) is 28.5. The van der Waals surface area contributed by atoms with Crippen molar-refractivity contribution in [1.82, 2.24) is 0 Å². The average Bonchev–Trinajstić information content (AvgIpc) is 2.90. The molecular weight excluding hydrogens is 577 g/mol. The van der Waals surface area contributed by atoms with Gasteiger partial charge in [-0.3, -0.25) is 9.80 Å². The molecule has 0 aromatic heterocycles. The number of rotatable bonds is 0. The number of hydrogen-bond donors (Lipinski definition) is 0. The molecule has 5 heteroatoms. The van der Waals surface area contributed by atoms with Crippen molar-refractivity contribution in [2.24, 2.45) is 0 Å². The van der Waals surface area contributed by atoms with Gasteiger partial charge in [0.1, 0.15) is 0 Å². The quantitative estimate of drug-likeness (QED) is 0.191. The average molecular weight is 625 g/mol. The van der Waals surface area contributed by atoms with E-state index in [1.165, 1.54) is 30.4 Å². The largest absolute Gasteiger partial charge is 0.338 e. The first-order chi connectivity index (χ1) is 20.3. The topological polar surface area (TPSA) is 23.6 Å². The first-order valence-corrected chi connectivity index (χ1v) is 19.2. The Balaban J connectivity index is 1.77. The zero-order valence-corrected chi connectivity index (χ0v) is 30.2. The van der Waals surface area contributed by atoms with Crippen LogP contribution in [0.5, 0.6) is 0 Å². The number of amides is 2. The fourth-order valence-corrected chi connectivity index (χ4v) is 22.0. The van der Waals surface area contributed by atoms with Gasteiger partial charge in [-0.25, -0.2) is 4.79 Å². The van der Waals surface area contributed by atoms with Gasteiger partial charge >= 0.3 is 6.03 Å². The maximum absolute atomic E-state index is 15.4. The lowest BCUT2D eigenvalue weighted by molar-refractivity contribution is 0.255. The second-order valence-corrected chi connectivity index (χ2v) is 25.6. The molecular formula is C39H48N2OS2. The highest BCUT2D eigenvalue weighted by atomic mass is 32.3. The minimum Gasteiger partial charge on any atom is -0.259 e. The second-order valence-electron chi connectivity index (χ2n) is 16.5. The van der Waals surface area contributed by atoms with Gasteiger partial charge in [-0.2, -0.15) is 20.1 Å². The summed E-state index contributed by atoms with van der Waals surface area (Å²) in [6, 6.07) is 27.1. The third-order valence-electron chi connectivity index (χ3n) is 10.1. The number of para-hydroxylation sites is 2. The first kappa shape index (κ1) is 29.8. The zero-order chi connectivity index (χ0) is 32.0. The van der Waals surface area contributed by atoms with Crippen LogP contribution in [0.1, 0.15) is 83.1 Å². The third-order valence-corrected chi connectivity index (χ3v) is 21.4. The Morgan fingerprint density at radius 2 is 0.795 bits per heavy atom. The minimum absolute atomic E-state index is 0.0326. The summed E-state index contributed by atoms with van der Waals surface area (Å²) in [6.45, 7) is 29.0. The van der Waals surface area contributed by atoms with E-state index >= 15 is 4.79 Å². The SMILES string of the molecule is CC(C)(C)S1(C(C)(C)C)c2ccccc2N2C(=O)N3c4ccccc4S(C(C)(C)C)(C(C)(C)C)c4ccc5ccc1c2c5c43. The van der Waals surface area contributed by atoms with Crippen molar-refractivity contribution in [3.63, 3.8) is 0 Å². The van der Waals surface area contributed by atoms with Gasteiger partial charge in [-0.1, -0.05) is 119 Å². The van der Waals surface area contributed by atoms with Gasteiger partial charge in [-0.05, 0) is 41.8 Å². The van der Waals surface area contributed by atoms with Crippen molar-refractivity contribution in [1.29, 1.82) is 0 Å². The number of nitrogens with zero attached hydrogens (tertiary/aromatic N) is 2. The van der Waals surface area contributed by atoms with Crippen LogP contribution in [-0.2, 0) is 0 Å². The van der Waals surface area contributed by atoms with E-state index in [-0.39, 0.29) is 25.0 Å². The molecule has 7 rings (SSSR count). The number of benzene rings is 4. The van der Waals surface area contributed by atoms with Crippen LogP contribution in [0, 0.1) is 0 Å². The van der Waals surface area contributed by atoms with Crippen LogP contribution in [0.25, 0.3) is 10.8 Å². The van der Waals surface area contributed by atoms with E-state index in [0.29, 0.717) is 0 Å². The van der Waals surface area contributed by atoms with Crippen LogP contribution in [0.3, 0.4) is 0 Å². The van der Waals surface area contributed by atoms with E-state index in [1.807, 2.05) is 0 Å². The highest BCUT2D eigenvalue weighted by Crippen LogP contribution is 2.86. The lowest BCUT2D eigenvalue weighted by Gasteiger charge is -2.65. The summed E-state index contributed by atoms with van der Waals surface area (Å²) < 4.78 is -0.202. The molecule has 3 aliphatic rings. The molecule has 232 valence electrons. The van der Waals surface area contributed by atoms with Crippen LogP contribution >= 0.6 is 20.1 Å². The van der Waals surface area contributed by atoms with Crippen LogP contribution in [0.4, 0.5) is 27.5 Å². The molecule has 0 fully saturated rings. The maximum atomic E-state index is 15.4. The Labute approximate surface area is 267 Å². The molecule has 4 aromatic rings. The second kappa shape index (κ2) is 8.67. The van der Waals surface area contributed by atoms with Crippen molar-refractivity contribution in [3.8, 4) is 0 Å². The van der Waals surface area contributed by atoms with Crippen molar-refractivity contribution >= 4 is 59.6 Å². The van der Waals surface area contributed by atoms with Crippen molar-refractivity contribution in [2.75, 3.05) is 9.80 Å². The van der Waals surface area contributed by atoms with Crippen molar-refractivity contribution < 1.29 is 4.79 Å². The molecule has 0 unspecified atom stereocenters. The molecule has 0 spiro atoms. The fourth-order valence-electron chi connectivity index (χ4n) is 9.53. The third kappa shape index (κ3) is 3.21. The van der Waals surface area contributed by atoms with Crippen LogP contribution in [0.2, 0.25) is 0 Å². The van der Waals surface area contributed by atoms with E-state index < -0.39 is 20.1 Å². The summed E-state index contributed by atoms with van der Waals surface area (Å²) in [5, 5.41) is 2.44. The smallest absolute Gasteiger partial charge is 0.259 e. The monoisotopic (exact) mass is 624 g/mol. The minimum atomic E-state index is -1.65. The number of anilines is 4. The molecule has 0 saturated carbocycles. The van der Waals surface area contributed by atoms with E-state index in [9.17, 15) is 0 Å². The Hall–Kier alpha value is -2.89. The molecule has 44 heavy (non-hydrogen) atoms. The Morgan fingerprint density at radius 1 is 0.455 bits per heavy atom. The van der Waals surface area contributed by atoms with E-state index in [4.69, 9.17) is 0 Å². The van der Waals surface area contributed by atoms with E-state index in [1.54, 1.807) is 0 Å². The van der Waals surface area contributed by atoms with Gasteiger partial charge in [0.2, 0.25) is 0 Å². The molecule has 3 nitrogen and oxygen atoms in total. The highest BCUT2D eigenvalue weighted by molar-refractivity contribution is 8.36. The molecule has 0 aliphatic carbocycles. The molecule has 3 heterocycles. The maximum Gasteiger partial charge on any atom is 0.338 e. The molecule has 0 saturated heterocycles. The summed E-state index contributed by atoms with van der Waals surface area (Å²) in [6.07, 6.45) is 0. The number of carbonyl (C=O) groups is 1. The van der Waals surface area contributed by atoms with Gasteiger partial charge in [0, 0.05) is 44.0 Å². The molecule has 3 aliphatic heterocycles. The number of hydrogen-bond acceptors (Lipinski definition) is 1. The number of carbonyl (C=O) groups excluding carboxylic acids is 1. The van der Waals surface area contributed by atoms with Crippen LogP contribution < -0.4 is 9.80 Å². The van der Waals surface area contributed by atoms with E-state index in [2.05, 4.69) is 166 Å². The van der Waals surface area contributed by atoms with Gasteiger partial charge < -0.3 is 0 Å². The summed E-state index contributed by atoms with van der Waals surface area (Å²) in [4.78, 5) is 24.9. The highest BCUT2D eigenvalue weighted by Gasteiger charge is 2.59. The molecule has 0 N–H and O–H groups in total. The summed E-state index contributed by atoms with van der Waals surface area (Å²) in [5.41, 5.74) is 4.33. The summed E-state index contributed by atoms with van der Waals surface area (Å²) in [7, 11) is -3.30. The van der Waals surface area contributed by atoms with Gasteiger partial charge in [-0.15, -0.1) is 0 Å². The predicted molar refractivity (Wildman–Crippen MR) is 194 cm³/mol. The van der Waals surface area contributed by atoms with E-state index in [0.717, 1.165) is 22.7 Å². The Bertz CT molecular complexity index is 1730. The molecule has 0 bridgehead atoms. The number of fused-ring (bicyclic) bond motifs is 4. The molecule has 4 aromatic carbocycles. The molecule has 2 amide bonds.